The van der Waals surface area contributed by atoms with E-state index in [9.17, 15) is 4.79 Å². The largest absolute Gasteiger partial charge is 0.467 e. The number of ether oxygens (including phenoxy) is 1. The normalized spacial score (nSPS) is 12.6. The van der Waals surface area contributed by atoms with Crippen molar-refractivity contribution in [2.75, 3.05) is 7.11 Å². The van der Waals surface area contributed by atoms with Gasteiger partial charge in [-0.25, -0.2) is 4.79 Å². The Hall–Kier alpha value is -0.590. The number of hydrogen-bond donors (Lipinski definition) is 0. The lowest BCUT2D eigenvalue weighted by atomic mass is 10.3. The van der Waals surface area contributed by atoms with Crippen molar-refractivity contribution in [3.05, 3.63) is 15.5 Å². The summed E-state index contributed by atoms with van der Waals surface area (Å²) in [4.78, 5) is 11.1. The molecular formula is C8H11IN2O2. The van der Waals surface area contributed by atoms with Gasteiger partial charge in [0.15, 0.2) is 0 Å². The molecule has 0 aliphatic heterocycles. The van der Waals surface area contributed by atoms with Crippen LogP contribution in [-0.2, 0) is 9.53 Å². The Morgan fingerprint density at radius 1 is 1.77 bits per heavy atom. The Labute approximate surface area is 90.4 Å². The van der Waals surface area contributed by atoms with Crippen molar-refractivity contribution in [1.29, 1.82) is 0 Å². The number of hydrogen-bond acceptors (Lipinski definition) is 3. The SMILES string of the molecule is COC(=O)[C@@H](C)n1cc(I)c(C)n1. The van der Waals surface area contributed by atoms with Gasteiger partial charge in [0.2, 0.25) is 0 Å². The van der Waals surface area contributed by atoms with Crippen molar-refractivity contribution in [3.63, 3.8) is 0 Å². The molecule has 0 saturated carbocycles. The van der Waals surface area contributed by atoms with Crippen LogP contribution in [-0.4, -0.2) is 22.9 Å². The predicted octanol–water partition coefficient (Wildman–Crippen LogP) is 1.53. The summed E-state index contributed by atoms with van der Waals surface area (Å²) in [6, 6.07) is -0.354. The van der Waals surface area contributed by atoms with E-state index in [2.05, 4.69) is 32.4 Å². The van der Waals surface area contributed by atoms with Gasteiger partial charge in [-0.3, -0.25) is 4.68 Å². The molecule has 0 bridgehead atoms. The Morgan fingerprint density at radius 3 is 2.77 bits per heavy atom. The molecule has 1 atom stereocenters. The highest BCUT2D eigenvalue weighted by molar-refractivity contribution is 14.1. The van der Waals surface area contributed by atoms with Crippen LogP contribution in [0.5, 0.6) is 0 Å². The summed E-state index contributed by atoms with van der Waals surface area (Å²) in [6.07, 6.45) is 1.83. The fraction of sp³-hybridized carbons (Fsp3) is 0.500. The number of methoxy groups -OCH3 is 1. The monoisotopic (exact) mass is 294 g/mol. The van der Waals surface area contributed by atoms with E-state index >= 15 is 0 Å². The molecule has 1 aromatic rings. The third kappa shape index (κ3) is 2.20. The van der Waals surface area contributed by atoms with Gasteiger partial charge in [0.25, 0.3) is 0 Å². The Balaban J connectivity index is 2.89. The van der Waals surface area contributed by atoms with E-state index in [-0.39, 0.29) is 12.0 Å². The number of carbonyl (C=O) groups is 1. The zero-order chi connectivity index (χ0) is 10.0. The van der Waals surface area contributed by atoms with Crippen LogP contribution in [0, 0.1) is 10.5 Å². The maximum Gasteiger partial charge on any atom is 0.330 e. The van der Waals surface area contributed by atoms with Gasteiger partial charge in [-0.1, -0.05) is 0 Å². The number of aryl methyl sites for hydroxylation is 1. The molecule has 0 radical (unpaired) electrons. The standard InChI is InChI=1S/C8H11IN2O2/c1-5-7(9)4-11(10-5)6(2)8(12)13-3/h4,6H,1-3H3/t6-/m1/s1. The van der Waals surface area contributed by atoms with E-state index < -0.39 is 0 Å². The Bertz CT molecular complexity index is 302. The molecule has 0 aliphatic carbocycles. The van der Waals surface area contributed by atoms with Crippen LogP contribution < -0.4 is 0 Å². The van der Waals surface area contributed by atoms with Gasteiger partial charge in [0.05, 0.1) is 16.4 Å². The summed E-state index contributed by atoms with van der Waals surface area (Å²) < 4.78 is 7.28. The van der Waals surface area contributed by atoms with Gasteiger partial charge in [0.1, 0.15) is 6.04 Å². The third-order valence-electron chi connectivity index (χ3n) is 1.80. The van der Waals surface area contributed by atoms with Gasteiger partial charge in [-0.2, -0.15) is 5.10 Å². The lowest BCUT2D eigenvalue weighted by molar-refractivity contribution is -0.144. The van der Waals surface area contributed by atoms with E-state index in [1.54, 1.807) is 11.6 Å². The molecule has 0 spiro atoms. The second-order valence-corrected chi connectivity index (χ2v) is 3.90. The van der Waals surface area contributed by atoms with Crippen molar-refractivity contribution >= 4 is 28.6 Å². The molecule has 1 rings (SSSR count). The maximum absolute atomic E-state index is 11.1. The van der Waals surface area contributed by atoms with Crippen molar-refractivity contribution in [3.8, 4) is 0 Å². The molecule has 0 fully saturated rings. The molecular weight excluding hydrogens is 283 g/mol. The molecule has 0 saturated heterocycles. The second kappa shape index (κ2) is 4.08. The molecule has 1 heterocycles. The van der Waals surface area contributed by atoms with E-state index in [4.69, 9.17) is 0 Å². The van der Waals surface area contributed by atoms with Crippen LogP contribution in [0.4, 0.5) is 0 Å². The number of halogens is 1. The van der Waals surface area contributed by atoms with Crippen LogP contribution in [0.15, 0.2) is 6.20 Å². The highest BCUT2D eigenvalue weighted by Crippen LogP contribution is 2.13. The molecule has 13 heavy (non-hydrogen) atoms. The van der Waals surface area contributed by atoms with Crippen LogP contribution in [0.3, 0.4) is 0 Å². The molecule has 0 unspecified atom stereocenters. The lowest BCUT2D eigenvalue weighted by Crippen LogP contribution is -2.18. The van der Waals surface area contributed by atoms with Gasteiger partial charge in [-0.05, 0) is 36.4 Å². The van der Waals surface area contributed by atoms with Gasteiger partial charge in [-0.15, -0.1) is 0 Å². The van der Waals surface area contributed by atoms with Crippen LogP contribution >= 0.6 is 22.6 Å². The molecule has 0 N–H and O–H groups in total. The number of nitrogens with zero attached hydrogens (tertiary/aromatic N) is 2. The number of carbonyl (C=O) groups excluding carboxylic acids is 1. The van der Waals surface area contributed by atoms with Crippen molar-refractivity contribution in [2.45, 2.75) is 19.9 Å². The van der Waals surface area contributed by atoms with Gasteiger partial charge >= 0.3 is 5.97 Å². The van der Waals surface area contributed by atoms with Crippen molar-refractivity contribution in [2.24, 2.45) is 0 Å². The van der Waals surface area contributed by atoms with Crippen LogP contribution in [0.25, 0.3) is 0 Å². The van der Waals surface area contributed by atoms with Crippen LogP contribution in [0.1, 0.15) is 18.7 Å². The lowest BCUT2D eigenvalue weighted by Gasteiger charge is -2.08. The maximum atomic E-state index is 11.1. The topological polar surface area (TPSA) is 44.1 Å². The molecule has 4 nitrogen and oxygen atoms in total. The zero-order valence-corrected chi connectivity index (χ0v) is 9.90. The molecule has 5 heteroatoms. The fourth-order valence-corrected chi connectivity index (χ4v) is 1.33. The average Bonchev–Trinajstić information content (AvgIpc) is 2.44. The Morgan fingerprint density at radius 2 is 2.38 bits per heavy atom. The highest BCUT2D eigenvalue weighted by Gasteiger charge is 2.16. The summed E-state index contributed by atoms with van der Waals surface area (Å²) in [5.74, 6) is -0.279. The first-order chi connectivity index (χ1) is 6.06. The predicted molar refractivity (Wildman–Crippen MR) is 56.4 cm³/mol. The summed E-state index contributed by atoms with van der Waals surface area (Å²) in [7, 11) is 1.38. The number of rotatable bonds is 2. The minimum absolute atomic E-state index is 0.279. The van der Waals surface area contributed by atoms with Gasteiger partial charge < -0.3 is 4.74 Å². The van der Waals surface area contributed by atoms with E-state index in [1.165, 1.54) is 7.11 Å². The average molecular weight is 294 g/mol. The smallest absolute Gasteiger partial charge is 0.330 e. The van der Waals surface area contributed by atoms with E-state index in [1.807, 2.05) is 13.1 Å². The molecule has 0 aliphatic rings. The number of esters is 1. The minimum atomic E-state index is -0.354. The zero-order valence-electron chi connectivity index (χ0n) is 7.74. The van der Waals surface area contributed by atoms with Crippen molar-refractivity contribution in [1.82, 2.24) is 9.78 Å². The molecule has 1 aromatic heterocycles. The Kier molecular flexibility index (Phi) is 3.29. The first-order valence-corrected chi connectivity index (χ1v) is 4.93. The highest BCUT2D eigenvalue weighted by atomic mass is 127. The van der Waals surface area contributed by atoms with E-state index in [0.717, 1.165) is 9.26 Å². The first-order valence-electron chi connectivity index (χ1n) is 3.85. The quantitative estimate of drug-likeness (QED) is 0.614. The summed E-state index contributed by atoms with van der Waals surface area (Å²) in [5, 5.41) is 4.19. The van der Waals surface area contributed by atoms with Gasteiger partial charge in [0, 0.05) is 6.20 Å². The second-order valence-electron chi connectivity index (χ2n) is 2.74. The summed E-state index contributed by atoms with van der Waals surface area (Å²) in [6.45, 7) is 3.66. The molecule has 0 amide bonds. The summed E-state index contributed by atoms with van der Waals surface area (Å²) in [5.41, 5.74) is 0.927. The summed E-state index contributed by atoms with van der Waals surface area (Å²) >= 11 is 2.18. The van der Waals surface area contributed by atoms with E-state index in [0.29, 0.717) is 0 Å². The first kappa shape index (κ1) is 10.5. The molecule has 72 valence electrons. The number of aromatic nitrogens is 2. The third-order valence-corrected chi connectivity index (χ3v) is 2.85. The molecule has 0 aromatic carbocycles. The van der Waals surface area contributed by atoms with Crippen LogP contribution in [0.2, 0.25) is 0 Å². The fourth-order valence-electron chi connectivity index (χ4n) is 0.936. The van der Waals surface area contributed by atoms with Crippen molar-refractivity contribution < 1.29 is 9.53 Å². The minimum Gasteiger partial charge on any atom is -0.467 e.